The summed E-state index contributed by atoms with van der Waals surface area (Å²) < 4.78 is 5.16. The van der Waals surface area contributed by atoms with Gasteiger partial charge in [-0.3, -0.25) is 0 Å². The summed E-state index contributed by atoms with van der Waals surface area (Å²) >= 11 is 5.86. The van der Waals surface area contributed by atoms with Crippen LogP contribution in [0.5, 0.6) is 5.75 Å². The molecule has 3 nitrogen and oxygen atoms in total. The fourth-order valence-corrected chi connectivity index (χ4v) is 1.37. The first-order chi connectivity index (χ1) is 7.19. The molecule has 0 spiro atoms. The van der Waals surface area contributed by atoms with Crippen LogP contribution in [0.1, 0.15) is 14.8 Å². The smallest absolute Gasteiger partial charge is 1.00 e. The zero-order valence-electron chi connectivity index (χ0n) is 10.8. The number of carbonyl (C=O) groups excluding carboxylic acids is 1. The predicted octanol–water partition coefficient (Wildman–Crippen LogP) is -0.640. The molecule has 0 aliphatic carbocycles. The Morgan fingerprint density at radius 1 is 1.56 bits per heavy atom. The van der Waals surface area contributed by atoms with Gasteiger partial charge in [0.05, 0.1) is 5.02 Å². The van der Waals surface area contributed by atoms with Gasteiger partial charge in [-0.05, 0) is 25.6 Å². The van der Waals surface area contributed by atoms with Crippen molar-refractivity contribution in [1.29, 1.82) is 0 Å². The molecule has 1 atom stereocenters. The molecule has 16 heavy (non-hydrogen) atoms. The quantitative estimate of drug-likeness (QED) is 0.440. The zero-order valence-corrected chi connectivity index (χ0v) is 12.5. The normalized spacial score (nSPS) is 11.4. The van der Waals surface area contributed by atoms with Gasteiger partial charge in [0.15, 0.2) is 0 Å². The van der Waals surface area contributed by atoms with Gasteiger partial charge in [-0.1, -0.05) is 30.7 Å². The van der Waals surface area contributed by atoms with Crippen molar-refractivity contribution in [2.75, 3.05) is 7.05 Å². The molecule has 84 valence electrons. The third kappa shape index (κ3) is 4.44. The maximum absolute atomic E-state index is 11.6. The van der Waals surface area contributed by atoms with Crippen LogP contribution >= 0.6 is 11.6 Å². The van der Waals surface area contributed by atoms with Gasteiger partial charge in [0.25, 0.3) is 0 Å². The van der Waals surface area contributed by atoms with Crippen molar-refractivity contribution in [3.05, 3.63) is 29.3 Å². The van der Waals surface area contributed by atoms with Crippen molar-refractivity contribution >= 4 is 17.6 Å². The van der Waals surface area contributed by atoms with Crippen LogP contribution in [0.3, 0.4) is 0 Å². The number of rotatable bonds is 4. The van der Waals surface area contributed by atoms with E-state index in [4.69, 9.17) is 16.3 Å². The number of hydrogen-bond donors (Lipinski definition) is 1. The summed E-state index contributed by atoms with van der Waals surface area (Å²) in [4.78, 5) is 11.6. The monoisotopic (exact) mass is 251 g/mol. The standard InChI is InChI=1S/C11H14ClNO2.Na.H/c1-3-9(13-2)11(14)15-10-7-5-4-6-8(10)12;;/h4-7,9,13H,3H2,1-2H3;;/q;+1;-1. The molecule has 0 amide bonds. The van der Waals surface area contributed by atoms with E-state index in [0.29, 0.717) is 17.2 Å². The Kier molecular flexibility index (Phi) is 8.06. The van der Waals surface area contributed by atoms with Crippen LogP contribution in [0.15, 0.2) is 24.3 Å². The molecule has 0 heterocycles. The first-order valence-electron chi connectivity index (χ1n) is 4.82. The summed E-state index contributed by atoms with van der Waals surface area (Å²) in [6, 6.07) is 6.62. The topological polar surface area (TPSA) is 38.3 Å². The van der Waals surface area contributed by atoms with E-state index < -0.39 is 0 Å². The molecule has 1 N–H and O–H groups in total. The summed E-state index contributed by atoms with van der Waals surface area (Å²) in [5, 5.41) is 3.32. The fourth-order valence-electron chi connectivity index (χ4n) is 1.20. The molecule has 0 radical (unpaired) electrons. The van der Waals surface area contributed by atoms with Crippen LogP contribution in [0.2, 0.25) is 5.02 Å². The number of ether oxygens (including phenoxy) is 1. The Morgan fingerprint density at radius 3 is 2.69 bits per heavy atom. The van der Waals surface area contributed by atoms with Crippen molar-refractivity contribution in [2.45, 2.75) is 19.4 Å². The maximum Gasteiger partial charge on any atom is 1.00 e. The Bertz CT molecular complexity index is 348. The predicted molar refractivity (Wildman–Crippen MR) is 61.3 cm³/mol. The Hall–Kier alpha value is -0.0600. The number of likely N-dealkylation sites (N-methyl/N-ethyl adjacent to an activating group) is 1. The van der Waals surface area contributed by atoms with E-state index in [0.717, 1.165) is 0 Å². The van der Waals surface area contributed by atoms with Crippen LogP contribution < -0.4 is 39.6 Å². The Balaban J connectivity index is 0. The van der Waals surface area contributed by atoms with Crippen molar-refractivity contribution in [2.24, 2.45) is 0 Å². The van der Waals surface area contributed by atoms with Gasteiger partial charge < -0.3 is 11.5 Å². The molecule has 1 unspecified atom stereocenters. The number of hydrogen-bond acceptors (Lipinski definition) is 3. The van der Waals surface area contributed by atoms with Gasteiger partial charge in [0.2, 0.25) is 0 Å². The van der Waals surface area contributed by atoms with E-state index >= 15 is 0 Å². The average Bonchev–Trinajstić information content (AvgIpc) is 2.23. The second-order valence-electron chi connectivity index (χ2n) is 3.10. The average molecular weight is 252 g/mol. The summed E-state index contributed by atoms with van der Waals surface area (Å²) in [5.74, 6) is 0.0889. The number of nitrogens with one attached hydrogen (secondary N) is 1. The molecule has 1 aromatic carbocycles. The maximum atomic E-state index is 11.6. The van der Waals surface area contributed by atoms with Crippen LogP contribution in [-0.2, 0) is 4.79 Å². The third-order valence-electron chi connectivity index (χ3n) is 2.09. The SMILES string of the molecule is CCC(NC)C(=O)Oc1ccccc1Cl.[H-].[Na+]. The van der Waals surface area contributed by atoms with Gasteiger partial charge >= 0.3 is 35.5 Å². The zero-order chi connectivity index (χ0) is 11.3. The molecule has 0 bridgehead atoms. The van der Waals surface area contributed by atoms with Crippen molar-refractivity contribution in [1.82, 2.24) is 5.32 Å². The third-order valence-corrected chi connectivity index (χ3v) is 2.40. The van der Waals surface area contributed by atoms with Crippen LogP contribution in [0.25, 0.3) is 0 Å². The van der Waals surface area contributed by atoms with Gasteiger partial charge in [-0.15, -0.1) is 0 Å². The first kappa shape index (κ1) is 15.9. The summed E-state index contributed by atoms with van der Waals surface area (Å²) in [6.07, 6.45) is 0.680. The van der Waals surface area contributed by atoms with Gasteiger partial charge in [-0.2, -0.15) is 0 Å². The minimum atomic E-state index is -0.312. The molecular weight excluding hydrogens is 237 g/mol. The van der Waals surface area contributed by atoms with Crippen molar-refractivity contribution < 1.29 is 40.5 Å². The summed E-state index contributed by atoms with van der Waals surface area (Å²) in [6.45, 7) is 1.91. The summed E-state index contributed by atoms with van der Waals surface area (Å²) in [5.41, 5.74) is 0. The molecule has 1 rings (SSSR count). The second kappa shape index (κ2) is 8.09. The minimum Gasteiger partial charge on any atom is -1.00 e. The van der Waals surface area contributed by atoms with Gasteiger partial charge in [0.1, 0.15) is 11.8 Å². The molecule has 5 heteroatoms. The van der Waals surface area contributed by atoms with E-state index in [1.54, 1.807) is 31.3 Å². The molecule has 1 aromatic rings. The Labute approximate surface area is 124 Å². The Morgan fingerprint density at radius 2 is 2.19 bits per heavy atom. The van der Waals surface area contributed by atoms with Crippen LogP contribution in [0.4, 0.5) is 0 Å². The fraction of sp³-hybridized carbons (Fsp3) is 0.364. The molecule has 0 aliphatic rings. The van der Waals surface area contributed by atoms with E-state index in [-0.39, 0.29) is 43.0 Å². The van der Waals surface area contributed by atoms with Crippen LogP contribution in [-0.4, -0.2) is 19.1 Å². The number of para-hydroxylation sites is 1. The number of carbonyl (C=O) groups is 1. The van der Waals surface area contributed by atoms with Gasteiger partial charge in [-0.25, -0.2) is 4.79 Å². The first-order valence-corrected chi connectivity index (χ1v) is 5.20. The second-order valence-corrected chi connectivity index (χ2v) is 3.51. The van der Waals surface area contributed by atoms with Gasteiger partial charge in [0, 0.05) is 0 Å². The molecular formula is C11H15ClNNaO2. The summed E-state index contributed by atoms with van der Waals surface area (Å²) in [7, 11) is 1.72. The number of esters is 1. The van der Waals surface area contributed by atoms with E-state index in [1.807, 2.05) is 6.92 Å². The largest absolute Gasteiger partial charge is 1.00 e. The molecule has 0 aromatic heterocycles. The van der Waals surface area contributed by atoms with E-state index in [2.05, 4.69) is 5.32 Å². The number of halogens is 1. The molecule has 0 saturated carbocycles. The molecule has 0 saturated heterocycles. The van der Waals surface area contributed by atoms with E-state index in [1.165, 1.54) is 0 Å². The minimum absolute atomic E-state index is 0. The van der Waals surface area contributed by atoms with Crippen molar-refractivity contribution in [3.63, 3.8) is 0 Å². The van der Waals surface area contributed by atoms with Crippen LogP contribution in [0, 0.1) is 0 Å². The van der Waals surface area contributed by atoms with E-state index in [9.17, 15) is 4.79 Å². The molecule has 0 fully saturated rings. The van der Waals surface area contributed by atoms with Crippen molar-refractivity contribution in [3.8, 4) is 5.75 Å². The number of benzene rings is 1. The molecule has 0 aliphatic heterocycles.